The zero-order valence-electron chi connectivity index (χ0n) is 19.6. The van der Waals surface area contributed by atoms with E-state index in [1.165, 1.54) is 15.6 Å². The lowest BCUT2D eigenvalue weighted by Crippen LogP contribution is -2.36. The number of amides is 2. The summed E-state index contributed by atoms with van der Waals surface area (Å²) in [7, 11) is 0. The number of rotatable bonds is 5. The lowest BCUT2D eigenvalue weighted by atomic mass is 10.0. The molecule has 2 atom stereocenters. The molecule has 1 aliphatic heterocycles. The fourth-order valence-electron chi connectivity index (χ4n) is 3.48. The van der Waals surface area contributed by atoms with E-state index in [4.69, 9.17) is 12.6 Å². The molecule has 0 bridgehead atoms. The number of likely N-dealkylation sites (tertiary alicyclic amines) is 1. The quantitative estimate of drug-likeness (QED) is 0.710. The molecular formula is C18H20BrN7O2. The van der Waals surface area contributed by atoms with Gasteiger partial charge in [0, 0.05) is 26.0 Å². The SMILES string of the molecule is [2H]C([2H])([2H])C([2H])([2H])[C@H]1CN(C(=O)C2(C#N)CC2)C[C@H]1Nc1c(C(N)=O)cnn2cc(Br)nc12. The number of imidazole rings is 1. The van der Waals surface area contributed by atoms with Gasteiger partial charge in [0.15, 0.2) is 5.65 Å². The first-order chi connectivity index (χ1) is 15.3. The van der Waals surface area contributed by atoms with Crippen LogP contribution in [-0.2, 0) is 4.79 Å². The molecule has 1 saturated heterocycles. The second-order valence-electron chi connectivity index (χ2n) is 7.04. The number of nitrogens with one attached hydrogen (secondary N) is 1. The van der Waals surface area contributed by atoms with Crippen LogP contribution in [0.15, 0.2) is 17.0 Å². The Morgan fingerprint density at radius 3 is 3.00 bits per heavy atom. The zero-order valence-corrected chi connectivity index (χ0v) is 16.2. The van der Waals surface area contributed by atoms with Crippen molar-refractivity contribution < 1.29 is 16.4 Å². The monoisotopic (exact) mass is 450 g/mol. The third-order valence-corrected chi connectivity index (χ3v) is 5.61. The summed E-state index contributed by atoms with van der Waals surface area (Å²) in [5.41, 5.74) is 4.71. The van der Waals surface area contributed by atoms with Gasteiger partial charge in [-0.25, -0.2) is 9.50 Å². The van der Waals surface area contributed by atoms with Crippen LogP contribution >= 0.6 is 15.9 Å². The van der Waals surface area contributed by atoms with Crippen LogP contribution in [0.25, 0.3) is 5.65 Å². The van der Waals surface area contributed by atoms with E-state index in [0.717, 1.165) is 0 Å². The average molecular weight is 451 g/mol. The van der Waals surface area contributed by atoms with Crippen LogP contribution in [0.3, 0.4) is 0 Å². The smallest absolute Gasteiger partial charge is 0.252 e. The first kappa shape index (κ1) is 13.5. The summed E-state index contributed by atoms with van der Waals surface area (Å²) in [6, 6.07) is 1.12. The molecule has 2 aromatic rings. The van der Waals surface area contributed by atoms with Gasteiger partial charge in [-0.1, -0.05) is 6.85 Å². The molecule has 3 N–H and O–H groups in total. The Morgan fingerprint density at radius 1 is 1.57 bits per heavy atom. The molecule has 0 radical (unpaired) electrons. The number of fused-ring (bicyclic) bond motifs is 1. The molecule has 2 aliphatic rings. The van der Waals surface area contributed by atoms with Crippen molar-refractivity contribution in [3.05, 3.63) is 22.6 Å². The molecule has 0 aromatic carbocycles. The molecule has 1 aliphatic carbocycles. The number of carbonyl (C=O) groups is 2. The minimum atomic E-state index is -2.97. The van der Waals surface area contributed by atoms with Crippen molar-refractivity contribution >= 4 is 39.1 Å². The first-order valence-electron chi connectivity index (χ1n) is 11.1. The summed E-state index contributed by atoms with van der Waals surface area (Å²) in [6.45, 7) is -3.23. The molecule has 0 spiro atoms. The third kappa shape index (κ3) is 2.99. The van der Waals surface area contributed by atoms with Gasteiger partial charge in [-0.2, -0.15) is 10.4 Å². The molecule has 0 unspecified atom stereocenters. The maximum atomic E-state index is 13.0. The number of anilines is 1. The standard InChI is InChI=1S/C18H20BrN7O2/c1-2-10-6-25(17(28)18(9-20)3-4-18)7-12(10)23-14-11(15(21)27)5-22-26-8-13(19)24-16(14)26/h5,8,10,12,23H,2-4,6-7H2,1H3,(H2,21,27)/t10-,12+/m0/s1/i1D3,2D2. The highest BCUT2D eigenvalue weighted by atomic mass is 79.9. The van der Waals surface area contributed by atoms with E-state index in [0.29, 0.717) is 17.4 Å². The van der Waals surface area contributed by atoms with E-state index in [-0.39, 0.29) is 30.0 Å². The van der Waals surface area contributed by atoms with E-state index in [9.17, 15) is 14.9 Å². The number of hydrogen-bond donors (Lipinski definition) is 2. The molecule has 3 heterocycles. The van der Waals surface area contributed by atoms with Crippen molar-refractivity contribution in [1.29, 1.82) is 5.26 Å². The summed E-state index contributed by atoms with van der Waals surface area (Å²) in [4.78, 5) is 30.6. The van der Waals surface area contributed by atoms with Crippen molar-refractivity contribution in [3.8, 4) is 6.07 Å². The van der Waals surface area contributed by atoms with Crippen molar-refractivity contribution in [2.75, 3.05) is 18.4 Å². The highest BCUT2D eigenvalue weighted by molar-refractivity contribution is 9.10. The van der Waals surface area contributed by atoms with E-state index in [1.54, 1.807) is 6.20 Å². The van der Waals surface area contributed by atoms with E-state index >= 15 is 0 Å². The maximum Gasteiger partial charge on any atom is 0.252 e. The molecular weight excluding hydrogens is 426 g/mol. The van der Waals surface area contributed by atoms with Gasteiger partial charge >= 0.3 is 0 Å². The molecule has 1 saturated carbocycles. The van der Waals surface area contributed by atoms with Crippen molar-refractivity contribution in [2.24, 2.45) is 17.1 Å². The average Bonchev–Trinajstić information content (AvgIpc) is 3.25. The summed E-state index contributed by atoms with van der Waals surface area (Å²) in [5.74, 6) is -2.43. The van der Waals surface area contributed by atoms with Crippen LogP contribution in [0.1, 0.15) is 43.3 Å². The van der Waals surface area contributed by atoms with E-state index in [1.807, 2.05) is 6.07 Å². The number of nitrogens with two attached hydrogens (primary N) is 1. The van der Waals surface area contributed by atoms with Gasteiger partial charge in [-0.05, 0) is 41.1 Å². The number of aromatic nitrogens is 3. The van der Waals surface area contributed by atoms with E-state index < -0.39 is 42.4 Å². The highest BCUT2D eigenvalue weighted by Gasteiger charge is 2.54. The Hall–Kier alpha value is -2.67. The van der Waals surface area contributed by atoms with Crippen molar-refractivity contribution in [2.45, 2.75) is 32.1 Å². The van der Waals surface area contributed by atoms with Crippen LogP contribution < -0.4 is 11.1 Å². The fraction of sp³-hybridized carbons (Fsp3) is 0.500. The first-order valence-corrected chi connectivity index (χ1v) is 9.41. The molecule has 10 heteroatoms. The number of halogens is 1. The fourth-order valence-corrected chi connectivity index (χ4v) is 3.85. The van der Waals surface area contributed by atoms with Crippen molar-refractivity contribution in [1.82, 2.24) is 19.5 Å². The van der Waals surface area contributed by atoms with Gasteiger partial charge in [-0.15, -0.1) is 0 Å². The van der Waals surface area contributed by atoms with Gasteiger partial charge in [-0.3, -0.25) is 9.59 Å². The molecule has 2 fully saturated rings. The summed E-state index contributed by atoms with van der Waals surface area (Å²) < 4.78 is 41.7. The predicted octanol–water partition coefficient (Wildman–Crippen LogP) is 1.54. The number of carbonyl (C=O) groups excluding carboxylic acids is 2. The van der Waals surface area contributed by atoms with Crippen LogP contribution in [0.4, 0.5) is 5.69 Å². The second kappa shape index (κ2) is 6.74. The summed E-state index contributed by atoms with van der Waals surface area (Å²) in [5, 5.41) is 16.5. The largest absolute Gasteiger partial charge is 0.376 e. The summed E-state index contributed by atoms with van der Waals surface area (Å²) in [6.07, 6.45) is 0.916. The molecule has 146 valence electrons. The Labute approximate surface area is 177 Å². The normalized spacial score (nSPS) is 26.4. The molecule has 28 heavy (non-hydrogen) atoms. The predicted molar refractivity (Wildman–Crippen MR) is 104 cm³/mol. The number of hydrogen-bond acceptors (Lipinski definition) is 6. The van der Waals surface area contributed by atoms with Crippen molar-refractivity contribution in [3.63, 3.8) is 0 Å². The van der Waals surface area contributed by atoms with Gasteiger partial charge < -0.3 is 16.0 Å². The lowest BCUT2D eigenvalue weighted by Gasteiger charge is -2.21. The van der Waals surface area contributed by atoms with Gasteiger partial charge in [0.05, 0.1) is 29.7 Å². The summed E-state index contributed by atoms with van der Waals surface area (Å²) >= 11 is 3.23. The Kier molecular flexibility index (Phi) is 3.25. The number of nitrogens with zero attached hydrogens (tertiary/aromatic N) is 5. The van der Waals surface area contributed by atoms with Gasteiger partial charge in [0.1, 0.15) is 10.0 Å². The Balaban J connectivity index is 1.76. The Morgan fingerprint density at radius 2 is 2.36 bits per heavy atom. The van der Waals surface area contributed by atoms with Crippen LogP contribution in [0, 0.1) is 22.7 Å². The van der Waals surface area contributed by atoms with Gasteiger partial charge in [0.2, 0.25) is 5.91 Å². The molecule has 2 aromatic heterocycles. The topological polar surface area (TPSA) is 129 Å². The maximum absolute atomic E-state index is 13.0. The van der Waals surface area contributed by atoms with Crippen LogP contribution in [0.2, 0.25) is 0 Å². The van der Waals surface area contributed by atoms with E-state index in [2.05, 4.69) is 31.3 Å². The highest BCUT2D eigenvalue weighted by Crippen LogP contribution is 2.47. The number of primary amides is 1. The zero-order chi connectivity index (χ0) is 24.3. The molecule has 4 rings (SSSR count). The third-order valence-electron chi connectivity index (χ3n) is 5.22. The minimum Gasteiger partial charge on any atom is -0.376 e. The lowest BCUT2D eigenvalue weighted by molar-refractivity contribution is -0.134. The number of nitriles is 1. The molecule has 2 amide bonds. The van der Waals surface area contributed by atoms with Crippen LogP contribution in [0.5, 0.6) is 0 Å². The second-order valence-corrected chi connectivity index (χ2v) is 7.85. The molecule has 9 nitrogen and oxygen atoms in total. The minimum absolute atomic E-state index is 0.0192. The van der Waals surface area contributed by atoms with Crippen LogP contribution in [-0.4, -0.2) is 50.4 Å². The Bertz CT molecular complexity index is 1190. The van der Waals surface area contributed by atoms with Gasteiger partial charge in [0.25, 0.3) is 5.91 Å².